The Morgan fingerprint density at radius 2 is 1.47 bits per heavy atom. The van der Waals surface area contributed by atoms with Gasteiger partial charge in [0.2, 0.25) is 17.6 Å². The van der Waals surface area contributed by atoms with Crippen molar-refractivity contribution in [2.24, 2.45) is 35.5 Å². The number of imide groups is 1. The van der Waals surface area contributed by atoms with Crippen LogP contribution in [0.25, 0.3) is 0 Å². The first-order chi connectivity index (χ1) is 16.5. The van der Waals surface area contributed by atoms with Crippen molar-refractivity contribution < 1.29 is 23.9 Å². The Kier molecular flexibility index (Phi) is 4.80. The van der Waals surface area contributed by atoms with Crippen LogP contribution in [-0.4, -0.2) is 29.7 Å². The highest BCUT2D eigenvalue weighted by atomic mass is 16.5. The molecule has 34 heavy (non-hydrogen) atoms. The lowest BCUT2D eigenvalue weighted by Gasteiger charge is -2.37. The van der Waals surface area contributed by atoms with Crippen molar-refractivity contribution in [3.8, 4) is 0 Å². The fourth-order valence-corrected chi connectivity index (χ4v) is 6.27. The summed E-state index contributed by atoms with van der Waals surface area (Å²) in [6.45, 7) is 1.79. The number of amides is 2. The molecule has 1 aliphatic heterocycles. The smallest absolute Gasteiger partial charge is 0.338 e. The van der Waals surface area contributed by atoms with Crippen molar-refractivity contribution in [1.82, 2.24) is 0 Å². The van der Waals surface area contributed by atoms with Gasteiger partial charge in [0.1, 0.15) is 0 Å². The van der Waals surface area contributed by atoms with Crippen LogP contribution in [0.5, 0.6) is 0 Å². The summed E-state index contributed by atoms with van der Waals surface area (Å²) in [4.78, 5) is 53.2. The maximum Gasteiger partial charge on any atom is 0.338 e. The van der Waals surface area contributed by atoms with Crippen molar-refractivity contribution in [2.45, 2.75) is 25.9 Å². The van der Waals surface area contributed by atoms with Gasteiger partial charge in [-0.25, -0.2) is 4.79 Å². The molecule has 0 aromatic heterocycles. The zero-order valence-corrected chi connectivity index (χ0v) is 18.8. The average molecular weight is 456 g/mol. The number of Topliss-reactive ketones (excluding diaryl/α,β-unsaturated/α-hetero) is 1. The third kappa shape index (κ3) is 3.08. The first-order valence-electron chi connectivity index (χ1n) is 12.0. The normalized spacial score (nSPS) is 31.1. The molecule has 7 atom stereocenters. The van der Waals surface area contributed by atoms with Crippen LogP contribution in [0.4, 0.5) is 5.69 Å². The molecule has 1 heterocycles. The van der Waals surface area contributed by atoms with Gasteiger partial charge in [-0.1, -0.05) is 49.4 Å². The summed E-state index contributed by atoms with van der Waals surface area (Å²) in [5.41, 5.74) is 1.23. The Hall–Kier alpha value is -3.54. The van der Waals surface area contributed by atoms with Crippen LogP contribution in [-0.2, 0) is 14.3 Å². The van der Waals surface area contributed by atoms with Gasteiger partial charge in [-0.2, -0.15) is 0 Å². The summed E-state index contributed by atoms with van der Waals surface area (Å²) in [5, 5.41) is 0. The van der Waals surface area contributed by atoms with Crippen LogP contribution >= 0.6 is 0 Å². The molecule has 7 rings (SSSR count). The van der Waals surface area contributed by atoms with Gasteiger partial charge in [-0.3, -0.25) is 19.3 Å². The zero-order chi connectivity index (χ0) is 23.6. The summed E-state index contributed by atoms with van der Waals surface area (Å²) < 4.78 is 5.50. The highest BCUT2D eigenvalue weighted by Crippen LogP contribution is 2.65. The molecule has 6 heteroatoms. The number of nitrogens with zero attached hydrogens (tertiary/aromatic N) is 1. The van der Waals surface area contributed by atoms with Gasteiger partial charge in [0.15, 0.2) is 6.10 Å². The Morgan fingerprint density at radius 1 is 0.882 bits per heavy atom. The van der Waals surface area contributed by atoms with E-state index >= 15 is 0 Å². The monoisotopic (exact) mass is 455 g/mol. The number of ketones is 1. The number of rotatable bonds is 6. The average Bonchev–Trinajstić information content (AvgIpc) is 3.65. The van der Waals surface area contributed by atoms with Crippen molar-refractivity contribution in [3.05, 3.63) is 77.9 Å². The molecule has 2 saturated carbocycles. The number of allylic oxidation sites excluding steroid dienone is 2. The third-order valence-electron chi connectivity index (χ3n) is 7.99. The van der Waals surface area contributed by atoms with Crippen molar-refractivity contribution >= 4 is 29.3 Å². The maximum atomic E-state index is 13.3. The van der Waals surface area contributed by atoms with E-state index < -0.39 is 12.1 Å². The topological polar surface area (TPSA) is 80.8 Å². The molecule has 5 aliphatic rings. The minimum absolute atomic E-state index is 0.130. The van der Waals surface area contributed by atoms with E-state index in [0.717, 1.165) is 6.42 Å². The Bertz CT molecular complexity index is 1180. The lowest BCUT2D eigenvalue weighted by molar-refractivity contribution is -0.124. The molecule has 2 aromatic rings. The quantitative estimate of drug-likeness (QED) is 0.284. The predicted molar refractivity (Wildman–Crippen MR) is 124 cm³/mol. The second-order valence-electron chi connectivity index (χ2n) is 9.75. The Morgan fingerprint density at radius 3 is 2.03 bits per heavy atom. The molecule has 1 saturated heterocycles. The number of hydrogen-bond acceptors (Lipinski definition) is 5. The van der Waals surface area contributed by atoms with Gasteiger partial charge < -0.3 is 4.74 Å². The molecule has 0 spiro atoms. The van der Waals surface area contributed by atoms with E-state index in [9.17, 15) is 19.2 Å². The van der Waals surface area contributed by atoms with Gasteiger partial charge >= 0.3 is 5.97 Å². The number of ether oxygens (including phenoxy) is 1. The number of esters is 1. The fourth-order valence-electron chi connectivity index (χ4n) is 6.27. The van der Waals surface area contributed by atoms with E-state index in [1.165, 1.54) is 4.90 Å². The minimum Gasteiger partial charge on any atom is -0.450 e. The van der Waals surface area contributed by atoms with E-state index in [1.54, 1.807) is 55.5 Å². The summed E-state index contributed by atoms with van der Waals surface area (Å²) >= 11 is 0. The van der Waals surface area contributed by atoms with Crippen LogP contribution in [0.15, 0.2) is 66.7 Å². The summed E-state index contributed by atoms with van der Waals surface area (Å²) in [7, 11) is 0. The molecule has 172 valence electrons. The van der Waals surface area contributed by atoms with Crippen molar-refractivity contribution in [1.29, 1.82) is 0 Å². The van der Waals surface area contributed by atoms with E-state index in [-0.39, 0.29) is 46.8 Å². The van der Waals surface area contributed by atoms with E-state index in [0.29, 0.717) is 29.5 Å². The summed E-state index contributed by atoms with van der Waals surface area (Å²) in [5.74, 6) is -0.194. The molecule has 2 aromatic carbocycles. The van der Waals surface area contributed by atoms with Crippen LogP contribution in [0.2, 0.25) is 0 Å². The maximum absolute atomic E-state index is 13.3. The number of anilines is 1. The number of hydrogen-bond donors (Lipinski definition) is 0. The van der Waals surface area contributed by atoms with Crippen LogP contribution in [0.3, 0.4) is 0 Å². The lowest BCUT2D eigenvalue weighted by Crippen LogP contribution is -2.40. The largest absolute Gasteiger partial charge is 0.450 e. The van der Waals surface area contributed by atoms with Gasteiger partial charge in [-0.05, 0) is 60.8 Å². The molecule has 2 amide bonds. The van der Waals surface area contributed by atoms with E-state index in [1.807, 2.05) is 6.07 Å². The predicted octanol–water partition coefficient (Wildman–Crippen LogP) is 4.06. The number of carbonyl (C=O) groups excluding carboxylic acids is 4. The zero-order valence-electron chi connectivity index (χ0n) is 18.8. The number of carbonyl (C=O) groups is 4. The van der Waals surface area contributed by atoms with Gasteiger partial charge in [-0.15, -0.1) is 0 Å². The molecule has 2 bridgehead atoms. The van der Waals surface area contributed by atoms with Crippen molar-refractivity contribution in [3.63, 3.8) is 0 Å². The lowest BCUT2D eigenvalue weighted by atomic mass is 9.63. The summed E-state index contributed by atoms with van der Waals surface area (Å²) in [6.07, 6.45) is 4.89. The molecule has 3 fully saturated rings. The highest BCUT2D eigenvalue weighted by molar-refractivity contribution is 6.22. The van der Waals surface area contributed by atoms with E-state index in [2.05, 4.69) is 12.2 Å². The number of benzene rings is 2. The second-order valence-corrected chi connectivity index (χ2v) is 9.75. The van der Waals surface area contributed by atoms with Crippen LogP contribution in [0, 0.1) is 35.5 Å². The Labute approximate surface area is 197 Å². The van der Waals surface area contributed by atoms with Crippen LogP contribution < -0.4 is 4.90 Å². The summed E-state index contributed by atoms with van der Waals surface area (Å²) in [6, 6.07) is 15.1. The van der Waals surface area contributed by atoms with Gasteiger partial charge in [0, 0.05) is 5.56 Å². The molecular weight excluding hydrogens is 430 g/mol. The van der Waals surface area contributed by atoms with E-state index in [4.69, 9.17) is 4.74 Å². The SMILES string of the molecule is CC[C@H](OC(=O)c1ccc(N2C(=O)[C@@H]3[C@@H]4C=C[C@H]([C@H]5C[C@H]45)[C@@H]3C2=O)cc1)C(=O)c1ccccc1. The van der Waals surface area contributed by atoms with Crippen molar-refractivity contribution in [2.75, 3.05) is 4.90 Å². The second kappa shape index (κ2) is 7.76. The molecule has 0 N–H and O–H groups in total. The third-order valence-corrected chi connectivity index (χ3v) is 7.99. The fraction of sp³-hybridized carbons (Fsp3) is 0.357. The van der Waals surface area contributed by atoms with Gasteiger partial charge in [0.05, 0.1) is 23.1 Å². The van der Waals surface area contributed by atoms with Crippen LogP contribution in [0.1, 0.15) is 40.5 Å². The molecule has 0 unspecified atom stereocenters. The minimum atomic E-state index is -0.881. The molecular formula is C28H25NO5. The molecule has 0 radical (unpaired) electrons. The molecule has 6 nitrogen and oxygen atoms in total. The standard InChI is InChI=1S/C28H25NO5/c1-2-22(25(30)15-6-4-3-5-7-15)34-28(33)16-8-10-17(11-9-16)29-26(31)23-18-12-13-19(21-14-20(18)21)24(23)27(29)32/h3-13,18-24H,2,14H2,1H3/t18-,19-,20-,21-,22+,23-,24+/m1/s1. The molecule has 4 aliphatic carbocycles. The first-order valence-corrected chi connectivity index (χ1v) is 12.0. The first kappa shape index (κ1) is 21.0. The van der Waals surface area contributed by atoms with Gasteiger partial charge in [0.25, 0.3) is 0 Å². The Balaban J connectivity index is 1.18. The highest BCUT2D eigenvalue weighted by Gasteiger charge is 2.67.